The third-order valence-electron chi connectivity index (χ3n) is 2.05. The molecule has 0 atom stereocenters. The predicted molar refractivity (Wildman–Crippen MR) is 77.0 cm³/mol. The molecular formula is C10H6BrCl2N3O2S. The van der Waals surface area contributed by atoms with Crippen LogP contribution in [0.3, 0.4) is 0 Å². The number of aromatic nitrogens is 2. The molecule has 0 aliphatic carbocycles. The van der Waals surface area contributed by atoms with E-state index in [-0.39, 0.29) is 20.9 Å². The summed E-state index contributed by atoms with van der Waals surface area (Å²) in [5.41, 5.74) is 0. The topological polar surface area (TPSA) is 72.0 Å². The van der Waals surface area contributed by atoms with Crippen molar-refractivity contribution in [1.29, 1.82) is 0 Å². The fourth-order valence-corrected chi connectivity index (χ4v) is 4.12. The maximum absolute atomic E-state index is 12.2. The Morgan fingerprint density at radius 3 is 2.47 bits per heavy atom. The summed E-state index contributed by atoms with van der Waals surface area (Å²) in [7, 11) is -3.86. The highest BCUT2D eigenvalue weighted by molar-refractivity contribution is 9.10. The number of benzene rings is 1. The molecule has 0 radical (unpaired) electrons. The monoisotopic (exact) mass is 381 g/mol. The minimum atomic E-state index is -3.86. The first-order chi connectivity index (χ1) is 8.90. The van der Waals surface area contributed by atoms with Crippen molar-refractivity contribution in [2.45, 2.75) is 4.90 Å². The SMILES string of the molecule is O=S(=O)(Nc1cnc(Cl)cn1)c1c(Cl)cccc1Br. The first-order valence-electron chi connectivity index (χ1n) is 4.84. The molecule has 0 spiro atoms. The summed E-state index contributed by atoms with van der Waals surface area (Å²) in [5.74, 6) is 0.0521. The van der Waals surface area contributed by atoms with E-state index < -0.39 is 10.0 Å². The molecule has 0 unspecified atom stereocenters. The molecule has 1 heterocycles. The van der Waals surface area contributed by atoms with Gasteiger partial charge in [-0.05, 0) is 28.1 Å². The van der Waals surface area contributed by atoms with Gasteiger partial charge < -0.3 is 0 Å². The lowest BCUT2D eigenvalue weighted by Gasteiger charge is -2.10. The van der Waals surface area contributed by atoms with Crippen molar-refractivity contribution >= 4 is 55.0 Å². The summed E-state index contributed by atoms with van der Waals surface area (Å²) in [6.07, 6.45) is 2.45. The largest absolute Gasteiger partial charge is 0.265 e. The summed E-state index contributed by atoms with van der Waals surface area (Å²) >= 11 is 14.6. The number of hydrogen-bond donors (Lipinski definition) is 1. The van der Waals surface area contributed by atoms with E-state index in [9.17, 15) is 8.42 Å². The smallest absolute Gasteiger partial charge is 0.262 e. The fraction of sp³-hybridized carbons (Fsp3) is 0. The van der Waals surface area contributed by atoms with Crippen LogP contribution in [-0.4, -0.2) is 18.4 Å². The molecule has 0 amide bonds. The number of hydrogen-bond acceptors (Lipinski definition) is 4. The van der Waals surface area contributed by atoms with Crippen LogP contribution in [0.1, 0.15) is 0 Å². The van der Waals surface area contributed by atoms with Crippen LogP contribution in [0.25, 0.3) is 0 Å². The molecule has 1 N–H and O–H groups in total. The Labute approximate surface area is 128 Å². The van der Waals surface area contributed by atoms with E-state index in [0.29, 0.717) is 4.47 Å². The first-order valence-corrected chi connectivity index (χ1v) is 7.88. The van der Waals surface area contributed by atoms with Crippen LogP contribution in [0.15, 0.2) is 40.0 Å². The van der Waals surface area contributed by atoms with Crippen molar-refractivity contribution in [3.63, 3.8) is 0 Å². The molecule has 19 heavy (non-hydrogen) atoms. The van der Waals surface area contributed by atoms with Gasteiger partial charge in [0.2, 0.25) is 0 Å². The fourth-order valence-electron chi connectivity index (χ4n) is 1.29. The van der Waals surface area contributed by atoms with E-state index in [1.54, 1.807) is 12.1 Å². The zero-order valence-electron chi connectivity index (χ0n) is 9.14. The van der Waals surface area contributed by atoms with E-state index in [1.165, 1.54) is 18.5 Å². The van der Waals surface area contributed by atoms with Crippen molar-refractivity contribution in [3.05, 3.63) is 45.2 Å². The second-order valence-corrected chi connectivity index (χ2v) is 6.65. The highest BCUT2D eigenvalue weighted by Crippen LogP contribution is 2.30. The Balaban J connectivity index is 2.41. The molecule has 0 saturated carbocycles. The molecule has 0 fully saturated rings. The Morgan fingerprint density at radius 1 is 1.16 bits per heavy atom. The summed E-state index contributed by atoms with van der Waals surface area (Å²) < 4.78 is 27.0. The second-order valence-electron chi connectivity index (χ2n) is 3.38. The molecule has 0 bridgehead atoms. The molecule has 100 valence electrons. The van der Waals surface area contributed by atoms with Crippen LogP contribution in [0.2, 0.25) is 10.2 Å². The van der Waals surface area contributed by atoms with E-state index in [2.05, 4.69) is 30.6 Å². The van der Waals surface area contributed by atoms with Crippen LogP contribution in [0, 0.1) is 0 Å². The average molecular weight is 383 g/mol. The normalized spacial score (nSPS) is 11.3. The van der Waals surface area contributed by atoms with Gasteiger partial charge in [-0.2, -0.15) is 0 Å². The van der Waals surface area contributed by atoms with Gasteiger partial charge in [0.05, 0.1) is 17.4 Å². The number of nitrogens with one attached hydrogen (secondary N) is 1. The first kappa shape index (κ1) is 14.5. The van der Waals surface area contributed by atoms with E-state index >= 15 is 0 Å². The predicted octanol–water partition coefficient (Wildman–Crippen LogP) is 3.35. The van der Waals surface area contributed by atoms with Crippen molar-refractivity contribution in [3.8, 4) is 0 Å². The zero-order chi connectivity index (χ0) is 14.0. The number of nitrogens with zero attached hydrogens (tertiary/aromatic N) is 2. The molecule has 1 aromatic heterocycles. The average Bonchev–Trinajstić information content (AvgIpc) is 2.31. The molecule has 9 heteroatoms. The van der Waals surface area contributed by atoms with Crippen LogP contribution >= 0.6 is 39.1 Å². The van der Waals surface area contributed by atoms with E-state index in [1.807, 2.05) is 0 Å². The van der Waals surface area contributed by atoms with Crippen LogP contribution < -0.4 is 4.72 Å². The number of rotatable bonds is 3. The molecular weight excluding hydrogens is 377 g/mol. The number of sulfonamides is 1. The van der Waals surface area contributed by atoms with Gasteiger partial charge >= 0.3 is 0 Å². The molecule has 0 aliphatic heterocycles. The van der Waals surface area contributed by atoms with Crippen molar-refractivity contribution < 1.29 is 8.42 Å². The van der Waals surface area contributed by atoms with Crippen molar-refractivity contribution in [2.75, 3.05) is 4.72 Å². The highest BCUT2D eigenvalue weighted by atomic mass is 79.9. The Kier molecular flexibility index (Phi) is 4.29. The Morgan fingerprint density at radius 2 is 1.89 bits per heavy atom. The second kappa shape index (κ2) is 5.62. The third kappa shape index (κ3) is 3.36. The summed E-state index contributed by atoms with van der Waals surface area (Å²) in [6.45, 7) is 0. The maximum Gasteiger partial charge on any atom is 0.265 e. The quantitative estimate of drug-likeness (QED) is 0.883. The summed E-state index contributed by atoms with van der Waals surface area (Å²) in [4.78, 5) is 7.48. The molecule has 1 aromatic carbocycles. The minimum absolute atomic E-state index is 0.0521. The van der Waals surface area contributed by atoms with Gasteiger partial charge in [-0.1, -0.05) is 29.3 Å². The molecule has 2 aromatic rings. The lowest BCUT2D eigenvalue weighted by atomic mass is 10.4. The molecule has 0 aliphatic rings. The third-order valence-corrected chi connectivity index (χ3v) is 5.05. The van der Waals surface area contributed by atoms with Gasteiger partial charge in [0, 0.05) is 4.47 Å². The van der Waals surface area contributed by atoms with Gasteiger partial charge in [0.15, 0.2) is 5.82 Å². The van der Waals surface area contributed by atoms with Gasteiger partial charge in [0.1, 0.15) is 10.0 Å². The van der Waals surface area contributed by atoms with Gasteiger partial charge in [-0.15, -0.1) is 0 Å². The summed E-state index contributed by atoms with van der Waals surface area (Å²) in [5, 5.41) is 0.269. The van der Waals surface area contributed by atoms with E-state index in [4.69, 9.17) is 23.2 Å². The lowest BCUT2D eigenvalue weighted by Crippen LogP contribution is -2.15. The molecule has 5 nitrogen and oxygen atoms in total. The Hall–Kier alpha value is -0.890. The number of halogens is 3. The lowest BCUT2D eigenvalue weighted by molar-refractivity contribution is 0.600. The highest BCUT2D eigenvalue weighted by Gasteiger charge is 2.21. The van der Waals surface area contributed by atoms with Crippen LogP contribution in [-0.2, 0) is 10.0 Å². The number of anilines is 1. The van der Waals surface area contributed by atoms with Gasteiger partial charge in [-0.3, -0.25) is 4.72 Å². The van der Waals surface area contributed by atoms with Crippen LogP contribution in [0.5, 0.6) is 0 Å². The minimum Gasteiger partial charge on any atom is -0.262 e. The van der Waals surface area contributed by atoms with Crippen molar-refractivity contribution in [2.24, 2.45) is 0 Å². The standard InChI is InChI=1S/C10H6BrCl2N3O2S/c11-6-2-1-3-7(12)10(6)19(17,18)16-9-5-14-8(13)4-15-9/h1-5H,(H,15,16). The van der Waals surface area contributed by atoms with Gasteiger partial charge in [0.25, 0.3) is 10.0 Å². The van der Waals surface area contributed by atoms with Crippen molar-refractivity contribution in [1.82, 2.24) is 9.97 Å². The van der Waals surface area contributed by atoms with Gasteiger partial charge in [-0.25, -0.2) is 18.4 Å². The summed E-state index contributed by atoms with van der Waals surface area (Å²) in [6, 6.07) is 4.69. The Bertz CT molecular complexity index is 687. The molecule has 2 rings (SSSR count). The van der Waals surface area contributed by atoms with Crippen LogP contribution in [0.4, 0.5) is 5.82 Å². The maximum atomic E-state index is 12.2. The molecule has 0 saturated heterocycles. The van der Waals surface area contributed by atoms with E-state index in [0.717, 1.165) is 0 Å². The zero-order valence-corrected chi connectivity index (χ0v) is 13.1.